The maximum absolute atomic E-state index is 4.76. The second kappa shape index (κ2) is 5.68. The van der Waals surface area contributed by atoms with E-state index in [2.05, 4.69) is 52.9 Å². The van der Waals surface area contributed by atoms with Gasteiger partial charge in [-0.3, -0.25) is 9.97 Å². The van der Waals surface area contributed by atoms with Crippen molar-refractivity contribution in [2.45, 2.75) is 25.8 Å². The maximum Gasteiger partial charge on any atom is 0.147 e. The first-order valence-corrected chi connectivity index (χ1v) is 7.34. The molecule has 1 aliphatic rings. The SMILES string of the molecule is Cc1cc(N(C)C)cc([C@@H]2CCCN2c2cnccn2)n1. The Morgan fingerprint density at radius 3 is 2.81 bits per heavy atom. The predicted octanol–water partition coefficient (Wildman–Crippen LogP) is 2.59. The average Bonchev–Trinajstić information content (AvgIpc) is 2.97. The van der Waals surface area contributed by atoms with Crippen LogP contribution in [0.4, 0.5) is 11.5 Å². The molecule has 1 aliphatic heterocycles. The first-order chi connectivity index (χ1) is 10.1. The highest BCUT2D eigenvalue weighted by atomic mass is 15.2. The zero-order chi connectivity index (χ0) is 14.8. The van der Waals surface area contributed by atoms with E-state index in [1.165, 1.54) is 5.69 Å². The van der Waals surface area contributed by atoms with Crippen LogP contribution < -0.4 is 9.80 Å². The number of hydrogen-bond acceptors (Lipinski definition) is 5. The van der Waals surface area contributed by atoms with Crippen LogP contribution in [0, 0.1) is 6.92 Å². The molecule has 0 N–H and O–H groups in total. The molecule has 2 aromatic heterocycles. The Morgan fingerprint density at radius 1 is 1.24 bits per heavy atom. The molecule has 0 saturated carbocycles. The van der Waals surface area contributed by atoms with Crippen LogP contribution in [0.3, 0.4) is 0 Å². The van der Waals surface area contributed by atoms with Gasteiger partial charge in [-0.05, 0) is 31.9 Å². The van der Waals surface area contributed by atoms with Crippen LogP contribution >= 0.6 is 0 Å². The number of rotatable bonds is 3. The van der Waals surface area contributed by atoms with Crippen molar-refractivity contribution in [3.05, 3.63) is 42.1 Å². The van der Waals surface area contributed by atoms with Crippen LogP contribution in [0.5, 0.6) is 0 Å². The second-order valence-corrected chi connectivity index (χ2v) is 5.70. The van der Waals surface area contributed by atoms with E-state index in [4.69, 9.17) is 4.98 Å². The van der Waals surface area contributed by atoms with Gasteiger partial charge in [0.25, 0.3) is 0 Å². The molecule has 5 heteroatoms. The number of aryl methyl sites for hydroxylation is 1. The summed E-state index contributed by atoms with van der Waals surface area (Å²) in [6.45, 7) is 3.06. The van der Waals surface area contributed by atoms with E-state index in [-0.39, 0.29) is 0 Å². The Balaban J connectivity index is 1.95. The Morgan fingerprint density at radius 2 is 2.10 bits per heavy atom. The first-order valence-electron chi connectivity index (χ1n) is 7.34. The lowest BCUT2D eigenvalue weighted by Crippen LogP contribution is -2.25. The van der Waals surface area contributed by atoms with E-state index in [0.717, 1.165) is 36.6 Å². The molecule has 0 radical (unpaired) electrons. The Labute approximate surface area is 125 Å². The number of pyridine rings is 1. The van der Waals surface area contributed by atoms with Crippen molar-refractivity contribution in [2.24, 2.45) is 0 Å². The van der Waals surface area contributed by atoms with Crippen LogP contribution in [-0.4, -0.2) is 35.6 Å². The molecule has 5 nitrogen and oxygen atoms in total. The third kappa shape index (κ3) is 2.82. The van der Waals surface area contributed by atoms with Gasteiger partial charge in [0.2, 0.25) is 0 Å². The summed E-state index contributed by atoms with van der Waals surface area (Å²) in [5.74, 6) is 0.940. The summed E-state index contributed by atoms with van der Waals surface area (Å²) in [6.07, 6.45) is 7.57. The van der Waals surface area contributed by atoms with E-state index < -0.39 is 0 Å². The molecule has 0 bridgehead atoms. The van der Waals surface area contributed by atoms with Crippen LogP contribution in [-0.2, 0) is 0 Å². The fourth-order valence-corrected chi connectivity index (χ4v) is 2.89. The van der Waals surface area contributed by atoms with Crippen molar-refractivity contribution in [2.75, 3.05) is 30.4 Å². The number of nitrogens with zero attached hydrogens (tertiary/aromatic N) is 5. The van der Waals surface area contributed by atoms with Gasteiger partial charge in [-0.2, -0.15) is 0 Å². The minimum Gasteiger partial charge on any atom is -0.378 e. The molecule has 21 heavy (non-hydrogen) atoms. The normalized spacial score (nSPS) is 18.0. The van der Waals surface area contributed by atoms with Crippen molar-refractivity contribution in [1.82, 2.24) is 15.0 Å². The van der Waals surface area contributed by atoms with Crippen molar-refractivity contribution >= 4 is 11.5 Å². The average molecular weight is 283 g/mol. The monoisotopic (exact) mass is 283 g/mol. The maximum atomic E-state index is 4.76. The van der Waals surface area contributed by atoms with Gasteiger partial charge < -0.3 is 9.80 Å². The molecule has 0 aromatic carbocycles. The van der Waals surface area contributed by atoms with Gasteiger partial charge in [0.15, 0.2) is 0 Å². The van der Waals surface area contributed by atoms with Crippen LogP contribution in [0.25, 0.3) is 0 Å². The van der Waals surface area contributed by atoms with Crippen LogP contribution in [0.2, 0.25) is 0 Å². The van der Waals surface area contributed by atoms with E-state index >= 15 is 0 Å². The van der Waals surface area contributed by atoms with Gasteiger partial charge >= 0.3 is 0 Å². The lowest BCUT2D eigenvalue weighted by atomic mass is 10.1. The van der Waals surface area contributed by atoms with Crippen molar-refractivity contribution < 1.29 is 0 Å². The standard InChI is InChI=1S/C16H21N5/c1-12-9-13(20(2)3)10-14(19-12)15-5-4-8-21(15)16-11-17-6-7-18-16/h6-7,9-11,15H,4-5,8H2,1-3H3/t15-/m0/s1. The van der Waals surface area contributed by atoms with Gasteiger partial charge in [-0.1, -0.05) is 0 Å². The highest BCUT2D eigenvalue weighted by Crippen LogP contribution is 2.35. The van der Waals surface area contributed by atoms with Gasteiger partial charge in [0, 0.05) is 44.4 Å². The smallest absolute Gasteiger partial charge is 0.147 e. The highest BCUT2D eigenvalue weighted by molar-refractivity contribution is 5.49. The molecular formula is C16H21N5. The van der Waals surface area contributed by atoms with Gasteiger partial charge in [-0.15, -0.1) is 0 Å². The molecule has 3 rings (SSSR count). The summed E-state index contributed by atoms with van der Waals surface area (Å²) in [5.41, 5.74) is 3.38. The lowest BCUT2D eigenvalue weighted by Gasteiger charge is -2.26. The fourth-order valence-electron chi connectivity index (χ4n) is 2.89. The molecule has 1 saturated heterocycles. The van der Waals surface area contributed by atoms with E-state index in [1.54, 1.807) is 12.4 Å². The third-order valence-corrected chi connectivity index (χ3v) is 3.91. The molecule has 0 unspecified atom stereocenters. The number of hydrogen-bond donors (Lipinski definition) is 0. The minimum absolute atomic E-state index is 0.292. The van der Waals surface area contributed by atoms with Crippen molar-refractivity contribution in [3.63, 3.8) is 0 Å². The molecule has 1 fully saturated rings. The van der Waals surface area contributed by atoms with Crippen LogP contribution in [0.15, 0.2) is 30.7 Å². The van der Waals surface area contributed by atoms with E-state index in [9.17, 15) is 0 Å². The molecule has 0 aliphatic carbocycles. The third-order valence-electron chi connectivity index (χ3n) is 3.91. The predicted molar refractivity (Wildman–Crippen MR) is 84.7 cm³/mol. The molecular weight excluding hydrogens is 262 g/mol. The summed E-state index contributed by atoms with van der Waals surface area (Å²) in [5, 5.41) is 0. The summed E-state index contributed by atoms with van der Waals surface area (Å²) >= 11 is 0. The quantitative estimate of drug-likeness (QED) is 0.866. The zero-order valence-corrected chi connectivity index (χ0v) is 12.8. The lowest BCUT2D eigenvalue weighted by molar-refractivity contribution is 0.683. The molecule has 0 amide bonds. The molecule has 0 spiro atoms. The molecule has 110 valence electrons. The Bertz CT molecular complexity index is 611. The molecule has 1 atom stereocenters. The fraction of sp³-hybridized carbons (Fsp3) is 0.438. The summed E-state index contributed by atoms with van der Waals surface area (Å²) in [6, 6.07) is 4.59. The number of anilines is 2. The second-order valence-electron chi connectivity index (χ2n) is 5.70. The number of aromatic nitrogens is 3. The van der Waals surface area contributed by atoms with E-state index in [0.29, 0.717) is 6.04 Å². The first kappa shape index (κ1) is 13.8. The molecule has 3 heterocycles. The Hall–Kier alpha value is -2.17. The largest absolute Gasteiger partial charge is 0.378 e. The van der Waals surface area contributed by atoms with Crippen molar-refractivity contribution in [3.8, 4) is 0 Å². The van der Waals surface area contributed by atoms with Gasteiger partial charge in [0.05, 0.1) is 17.9 Å². The van der Waals surface area contributed by atoms with Gasteiger partial charge in [0.1, 0.15) is 5.82 Å². The van der Waals surface area contributed by atoms with E-state index in [1.807, 2.05) is 6.20 Å². The summed E-state index contributed by atoms with van der Waals surface area (Å²) in [7, 11) is 4.13. The zero-order valence-electron chi connectivity index (χ0n) is 12.8. The van der Waals surface area contributed by atoms with Crippen molar-refractivity contribution in [1.29, 1.82) is 0 Å². The highest BCUT2D eigenvalue weighted by Gasteiger charge is 2.28. The topological polar surface area (TPSA) is 45.2 Å². The Kier molecular flexibility index (Phi) is 3.73. The van der Waals surface area contributed by atoms with Crippen LogP contribution in [0.1, 0.15) is 30.3 Å². The molecule has 2 aromatic rings. The summed E-state index contributed by atoms with van der Waals surface area (Å²) in [4.78, 5) is 17.8. The summed E-state index contributed by atoms with van der Waals surface area (Å²) < 4.78 is 0. The minimum atomic E-state index is 0.292. The van der Waals surface area contributed by atoms with Gasteiger partial charge in [-0.25, -0.2) is 4.98 Å².